The lowest BCUT2D eigenvalue weighted by atomic mass is 10.3. The molecule has 2 rings (SSSR count). The molecular weight excluding hydrogens is 336 g/mol. The number of thiophene rings is 1. The average molecular weight is 347 g/mol. The highest BCUT2D eigenvalue weighted by molar-refractivity contribution is 9.11. The molecule has 0 saturated carbocycles. The van der Waals surface area contributed by atoms with Crippen molar-refractivity contribution < 1.29 is 8.42 Å². The van der Waals surface area contributed by atoms with Gasteiger partial charge >= 0.3 is 0 Å². The van der Waals surface area contributed by atoms with E-state index in [0.29, 0.717) is 6.54 Å². The van der Waals surface area contributed by atoms with E-state index in [4.69, 9.17) is 0 Å². The van der Waals surface area contributed by atoms with Crippen LogP contribution in [-0.2, 0) is 16.6 Å². The number of nitrogens with zero attached hydrogens (tertiary/aromatic N) is 2. The largest absolute Gasteiger partial charge is 0.263 e. The number of rotatable bonds is 4. The van der Waals surface area contributed by atoms with Gasteiger partial charge in [-0.15, -0.1) is 11.3 Å². The Morgan fingerprint density at radius 2 is 2.28 bits per heavy atom. The van der Waals surface area contributed by atoms with E-state index in [0.717, 1.165) is 9.35 Å². The van der Waals surface area contributed by atoms with Crippen LogP contribution in [0.25, 0.3) is 0 Å². The third kappa shape index (κ3) is 2.97. The highest BCUT2D eigenvalue weighted by atomic mass is 79.9. The van der Waals surface area contributed by atoms with Gasteiger partial charge in [0.15, 0.2) is 0 Å². The molecule has 0 aliphatic heterocycles. The van der Waals surface area contributed by atoms with E-state index in [9.17, 15) is 8.42 Å². The second-order valence-corrected chi connectivity index (χ2v) is 8.04. The number of aromatic nitrogens is 1. The van der Waals surface area contributed by atoms with E-state index in [-0.39, 0.29) is 4.90 Å². The third-order valence-corrected chi connectivity index (χ3v) is 5.71. The molecule has 2 aromatic heterocycles. The maximum Gasteiger partial charge on any atom is 0.244 e. The number of hydrogen-bond acceptors (Lipinski definition) is 4. The van der Waals surface area contributed by atoms with Crippen LogP contribution in [0, 0.1) is 0 Å². The average Bonchev–Trinajstić information content (AvgIpc) is 2.76. The molecule has 2 heterocycles. The van der Waals surface area contributed by atoms with Crippen LogP contribution in [0.5, 0.6) is 0 Å². The van der Waals surface area contributed by atoms with Crippen LogP contribution >= 0.6 is 27.3 Å². The minimum Gasteiger partial charge on any atom is -0.263 e. The first-order chi connectivity index (χ1) is 8.50. The molecule has 0 spiro atoms. The topological polar surface area (TPSA) is 50.3 Å². The number of halogens is 1. The summed E-state index contributed by atoms with van der Waals surface area (Å²) < 4.78 is 26.8. The van der Waals surface area contributed by atoms with Crippen LogP contribution in [-0.4, -0.2) is 24.8 Å². The van der Waals surface area contributed by atoms with Gasteiger partial charge in [0, 0.05) is 26.0 Å². The van der Waals surface area contributed by atoms with Crippen molar-refractivity contribution in [2.75, 3.05) is 7.05 Å². The summed E-state index contributed by atoms with van der Waals surface area (Å²) in [6.07, 6.45) is 2.91. The lowest BCUT2D eigenvalue weighted by molar-refractivity contribution is 0.467. The van der Waals surface area contributed by atoms with Gasteiger partial charge in [0.1, 0.15) is 4.90 Å². The van der Waals surface area contributed by atoms with Crippen LogP contribution in [0.15, 0.2) is 44.7 Å². The van der Waals surface area contributed by atoms with Gasteiger partial charge in [-0.3, -0.25) is 4.98 Å². The van der Waals surface area contributed by atoms with Crippen LogP contribution in [0.4, 0.5) is 0 Å². The van der Waals surface area contributed by atoms with Crippen molar-refractivity contribution >= 4 is 37.3 Å². The monoisotopic (exact) mass is 346 g/mol. The van der Waals surface area contributed by atoms with Crippen molar-refractivity contribution in [1.82, 2.24) is 9.29 Å². The summed E-state index contributed by atoms with van der Waals surface area (Å²) in [7, 11) is -1.90. The molecule has 0 atom stereocenters. The molecular formula is C11H11BrN2O2S2. The predicted octanol–water partition coefficient (Wildman–Crippen LogP) is 2.73. The molecule has 7 heteroatoms. The van der Waals surface area contributed by atoms with E-state index in [1.807, 2.05) is 11.4 Å². The zero-order chi connectivity index (χ0) is 13.2. The summed E-state index contributed by atoms with van der Waals surface area (Å²) in [6.45, 7) is 0.347. The summed E-state index contributed by atoms with van der Waals surface area (Å²) in [6, 6.07) is 5.07. The molecule has 18 heavy (non-hydrogen) atoms. The summed E-state index contributed by atoms with van der Waals surface area (Å²) in [5.74, 6) is 0. The Morgan fingerprint density at radius 3 is 2.83 bits per heavy atom. The summed E-state index contributed by atoms with van der Waals surface area (Å²) in [4.78, 5) is 4.04. The number of pyridine rings is 1. The van der Waals surface area contributed by atoms with Gasteiger partial charge in [0.05, 0.1) is 3.79 Å². The maximum atomic E-state index is 12.2. The molecule has 0 aliphatic rings. The first-order valence-electron chi connectivity index (χ1n) is 5.09. The maximum absolute atomic E-state index is 12.2. The molecule has 0 unspecified atom stereocenters. The van der Waals surface area contributed by atoms with Crippen LogP contribution in [0.2, 0.25) is 0 Å². The molecule has 0 aromatic carbocycles. The Morgan fingerprint density at radius 1 is 1.50 bits per heavy atom. The third-order valence-electron chi connectivity index (χ3n) is 2.37. The van der Waals surface area contributed by atoms with E-state index in [2.05, 4.69) is 20.9 Å². The second-order valence-electron chi connectivity index (χ2n) is 3.71. The Hall–Kier alpha value is -0.760. The van der Waals surface area contributed by atoms with Gasteiger partial charge in [0.25, 0.3) is 0 Å². The van der Waals surface area contributed by atoms with Crippen molar-refractivity contribution in [2.45, 2.75) is 11.4 Å². The molecule has 0 N–H and O–H groups in total. The van der Waals surface area contributed by atoms with Crippen LogP contribution < -0.4 is 0 Å². The van der Waals surface area contributed by atoms with E-state index >= 15 is 0 Å². The fourth-order valence-electron chi connectivity index (χ4n) is 1.45. The van der Waals surface area contributed by atoms with Gasteiger partial charge in [-0.25, -0.2) is 8.42 Å². The highest BCUT2D eigenvalue weighted by Gasteiger charge is 2.21. The Bertz CT molecular complexity index is 626. The standard InChI is InChI=1S/C11H11BrN2O2S2/c1-14(7-9-5-11(12)17-8-9)18(15,16)10-3-2-4-13-6-10/h2-6,8H,7H2,1H3. The zero-order valence-corrected chi connectivity index (χ0v) is 12.8. The first kappa shape index (κ1) is 13.7. The Balaban J connectivity index is 2.21. The molecule has 0 amide bonds. The van der Waals surface area contributed by atoms with E-state index in [1.165, 1.54) is 21.8 Å². The first-order valence-corrected chi connectivity index (χ1v) is 8.20. The van der Waals surface area contributed by atoms with Crippen LogP contribution in [0.1, 0.15) is 5.56 Å². The molecule has 96 valence electrons. The fourth-order valence-corrected chi connectivity index (χ4v) is 3.77. The van der Waals surface area contributed by atoms with E-state index in [1.54, 1.807) is 25.4 Å². The molecule has 0 fully saturated rings. The van der Waals surface area contributed by atoms with Gasteiger partial charge < -0.3 is 0 Å². The van der Waals surface area contributed by atoms with Crippen molar-refractivity contribution in [3.8, 4) is 0 Å². The highest BCUT2D eigenvalue weighted by Crippen LogP contribution is 2.23. The minimum atomic E-state index is -3.47. The number of hydrogen-bond donors (Lipinski definition) is 0. The zero-order valence-electron chi connectivity index (χ0n) is 9.58. The lowest BCUT2D eigenvalue weighted by Crippen LogP contribution is -2.26. The van der Waals surface area contributed by atoms with Gasteiger partial charge in [-0.05, 0) is 45.1 Å². The van der Waals surface area contributed by atoms with Gasteiger partial charge in [-0.1, -0.05) is 0 Å². The summed E-state index contributed by atoms with van der Waals surface area (Å²) in [5.41, 5.74) is 0.960. The summed E-state index contributed by atoms with van der Waals surface area (Å²) >= 11 is 4.89. The fraction of sp³-hybridized carbons (Fsp3) is 0.182. The van der Waals surface area contributed by atoms with Crippen molar-refractivity contribution in [3.63, 3.8) is 0 Å². The van der Waals surface area contributed by atoms with Crippen molar-refractivity contribution in [2.24, 2.45) is 0 Å². The van der Waals surface area contributed by atoms with Gasteiger partial charge in [0.2, 0.25) is 10.0 Å². The molecule has 0 saturated heterocycles. The molecule has 0 aliphatic carbocycles. The predicted molar refractivity (Wildman–Crippen MR) is 74.9 cm³/mol. The molecule has 4 nitrogen and oxygen atoms in total. The normalized spacial score (nSPS) is 11.9. The minimum absolute atomic E-state index is 0.210. The van der Waals surface area contributed by atoms with Gasteiger partial charge in [-0.2, -0.15) is 4.31 Å². The van der Waals surface area contributed by atoms with Crippen molar-refractivity contribution in [3.05, 3.63) is 45.3 Å². The molecule has 0 radical (unpaired) electrons. The molecule has 2 aromatic rings. The Labute approximate surface area is 118 Å². The SMILES string of the molecule is CN(Cc1csc(Br)c1)S(=O)(=O)c1cccnc1. The number of sulfonamides is 1. The van der Waals surface area contributed by atoms with Crippen LogP contribution in [0.3, 0.4) is 0 Å². The van der Waals surface area contributed by atoms with E-state index < -0.39 is 10.0 Å². The summed E-state index contributed by atoms with van der Waals surface area (Å²) in [5, 5.41) is 1.93. The van der Waals surface area contributed by atoms with Crippen molar-refractivity contribution in [1.29, 1.82) is 0 Å². The Kier molecular flexibility index (Phi) is 4.16. The second kappa shape index (κ2) is 5.48. The lowest BCUT2D eigenvalue weighted by Gasteiger charge is -2.16. The quantitative estimate of drug-likeness (QED) is 0.855. The smallest absolute Gasteiger partial charge is 0.244 e. The molecule has 0 bridgehead atoms.